The Bertz CT molecular complexity index is 2170. The molecular formula is C36H36FN5O3S2. The van der Waals surface area contributed by atoms with E-state index in [1.165, 1.54) is 6.07 Å². The molecule has 242 valence electrons. The minimum absolute atomic E-state index is 0.164. The van der Waals surface area contributed by atoms with Gasteiger partial charge in [0.25, 0.3) is 0 Å². The van der Waals surface area contributed by atoms with Gasteiger partial charge in [-0.25, -0.2) is 9.18 Å². The van der Waals surface area contributed by atoms with Crippen LogP contribution >= 0.6 is 23.5 Å². The molecule has 0 saturated carbocycles. The van der Waals surface area contributed by atoms with Crippen molar-refractivity contribution >= 4 is 51.2 Å². The van der Waals surface area contributed by atoms with Crippen LogP contribution in [-0.2, 0) is 44.3 Å². The first kappa shape index (κ1) is 31.4. The molecule has 1 aliphatic heterocycles. The van der Waals surface area contributed by atoms with E-state index < -0.39 is 11.8 Å². The third-order valence-corrected chi connectivity index (χ3v) is 10.9. The Kier molecular flexibility index (Phi) is 8.52. The zero-order chi connectivity index (χ0) is 32.8. The van der Waals surface area contributed by atoms with E-state index in [1.54, 1.807) is 41.2 Å². The third-order valence-electron chi connectivity index (χ3n) is 8.92. The molecule has 1 aliphatic rings. The van der Waals surface area contributed by atoms with E-state index in [4.69, 9.17) is 14.9 Å². The highest BCUT2D eigenvalue weighted by Gasteiger charge is 2.28. The number of hydrogen-bond acceptors (Lipinski definition) is 6. The monoisotopic (exact) mass is 669 g/mol. The second-order valence-electron chi connectivity index (χ2n) is 11.9. The Morgan fingerprint density at radius 3 is 2.66 bits per heavy atom. The number of aryl methyl sites for hydroxylation is 5. The van der Waals surface area contributed by atoms with Gasteiger partial charge in [0.2, 0.25) is 0 Å². The first-order valence-electron chi connectivity index (χ1n) is 15.7. The molecule has 0 atom stereocenters. The number of aromatic carboxylic acids is 1. The summed E-state index contributed by atoms with van der Waals surface area (Å²) in [4.78, 5) is 13.8. The number of fused-ring (bicyclic) bond motifs is 8. The largest absolute Gasteiger partial charge is 0.493 e. The van der Waals surface area contributed by atoms with E-state index in [1.807, 2.05) is 30.8 Å². The van der Waals surface area contributed by atoms with Crippen molar-refractivity contribution < 1.29 is 19.0 Å². The fourth-order valence-corrected chi connectivity index (χ4v) is 8.75. The number of carboxylic acid groups (broad SMARTS) is 1. The van der Waals surface area contributed by atoms with E-state index in [-0.39, 0.29) is 5.69 Å². The molecule has 47 heavy (non-hydrogen) atoms. The van der Waals surface area contributed by atoms with Gasteiger partial charge in [-0.15, -0.1) is 23.5 Å². The molecule has 0 aliphatic carbocycles. The molecule has 8 nitrogen and oxygen atoms in total. The highest BCUT2D eigenvalue weighted by molar-refractivity contribution is 7.98. The lowest BCUT2D eigenvalue weighted by molar-refractivity contribution is 0.0685. The molecule has 6 aromatic rings. The summed E-state index contributed by atoms with van der Waals surface area (Å²) in [6, 6.07) is 17.8. The number of carbonyl (C=O) groups is 1. The smallest absolute Gasteiger partial charge is 0.352 e. The standard InChI is InChI=1S/C36H36FN5O3S2/c1-5-42-24-16-23(39-42)18-46-20-30-32(21(2)38-41(30)4)33-29(37)13-12-28-27(35(36(43)44)40(3)34(28)33)11-8-14-45-31-17-25(47-19-24)15-22-9-6-7-10-26(22)31/h6-7,9-10,12-13,15-17H,5,8,11,14,18-20H2,1-4H3,(H,43,44). The van der Waals surface area contributed by atoms with Crippen LogP contribution in [0.15, 0.2) is 59.5 Å². The number of carboxylic acids is 1. The van der Waals surface area contributed by atoms with Crippen molar-refractivity contribution in [1.82, 2.24) is 24.1 Å². The quantitative estimate of drug-likeness (QED) is 0.199. The topological polar surface area (TPSA) is 87.1 Å². The molecule has 0 saturated heterocycles. The Morgan fingerprint density at radius 2 is 1.85 bits per heavy atom. The predicted molar refractivity (Wildman–Crippen MR) is 187 cm³/mol. The lowest BCUT2D eigenvalue weighted by Gasteiger charge is -2.13. The van der Waals surface area contributed by atoms with Gasteiger partial charge < -0.3 is 14.4 Å². The molecule has 0 amide bonds. The third kappa shape index (κ3) is 5.69. The van der Waals surface area contributed by atoms with Gasteiger partial charge in [0.1, 0.15) is 17.3 Å². The van der Waals surface area contributed by atoms with Gasteiger partial charge in [-0.1, -0.05) is 24.3 Å². The average molecular weight is 670 g/mol. The molecule has 4 heterocycles. The number of rotatable bonds is 2. The molecular weight excluding hydrogens is 634 g/mol. The minimum atomic E-state index is -1.04. The number of thioether (sulfide) groups is 2. The van der Waals surface area contributed by atoms with Gasteiger partial charge in [0.15, 0.2) is 0 Å². The van der Waals surface area contributed by atoms with Crippen LogP contribution in [0, 0.1) is 12.7 Å². The van der Waals surface area contributed by atoms with Crippen molar-refractivity contribution in [2.75, 3.05) is 6.61 Å². The van der Waals surface area contributed by atoms with Crippen LogP contribution in [0.25, 0.3) is 32.8 Å². The summed E-state index contributed by atoms with van der Waals surface area (Å²) < 4.78 is 27.9. The first-order valence-corrected chi connectivity index (χ1v) is 17.9. The fraction of sp³-hybridized carbons (Fsp3) is 0.306. The molecule has 1 N–H and O–H groups in total. The molecule has 11 heteroatoms. The predicted octanol–water partition coefficient (Wildman–Crippen LogP) is 8.14. The van der Waals surface area contributed by atoms with E-state index in [2.05, 4.69) is 41.9 Å². The molecule has 3 aromatic heterocycles. The minimum Gasteiger partial charge on any atom is -0.493 e. The summed E-state index contributed by atoms with van der Waals surface area (Å²) in [6.45, 7) is 5.16. The van der Waals surface area contributed by atoms with Gasteiger partial charge in [-0.05, 0) is 68.0 Å². The van der Waals surface area contributed by atoms with Crippen molar-refractivity contribution in [2.45, 2.75) is 55.4 Å². The zero-order valence-corrected chi connectivity index (χ0v) is 28.5. The maximum atomic E-state index is 16.0. The Labute approximate surface area is 280 Å². The van der Waals surface area contributed by atoms with Crippen LogP contribution in [0.1, 0.15) is 52.2 Å². The average Bonchev–Trinajstić information content (AvgIpc) is 3.68. The van der Waals surface area contributed by atoms with E-state index >= 15 is 4.39 Å². The lowest BCUT2D eigenvalue weighted by atomic mass is 9.98. The van der Waals surface area contributed by atoms with E-state index in [9.17, 15) is 9.90 Å². The van der Waals surface area contributed by atoms with Crippen LogP contribution in [0.3, 0.4) is 0 Å². The summed E-state index contributed by atoms with van der Waals surface area (Å²) in [7, 11) is 3.59. The SMILES string of the molecule is CCn1nc2cc1CSc1cc(c3ccccc3c1)OCCCc1c(C(=O)O)n(C)c3c(c(F)ccc13)-c1c(C)nn(C)c1CSC2. The Balaban J connectivity index is 1.36. The molecule has 7 rings (SSSR count). The van der Waals surface area contributed by atoms with E-state index in [0.717, 1.165) is 56.2 Å². The number of ether oxygens (including phenoxy) is 1. The lowest BCUT2D eigenvalue weighted by Crippen LogP contribution is -2.09. The van der Waals surface area contributed by atoms with Crippen molar-refractivity contribution in [3.05, 3.63) is 94.4 Å². The van der Waals surface area contributed by atoms with Gasteiger partial charge in [0.05, 0.1) is 29.2 Å². The maximum absolute atomic E-state index is 16.0. The summed E-state index contributed by atoms with van der Waals surface area (Å²) >= 11 is 3.47. The van der Waals surface area contributed by atoms with Gasteiger partial charge in [-0.3, -0.25) is 9.36 Å². The zero-order valence-electron chi connectivity index (χ0n) is 26.8. The van der Waals surface area contributed by atoms with Crippen LogP contribution in [0.2, 0.25) is 0 Å². The number of aromatic nitrogens is 5. The van der Waals surface area contributed by atoms with Crippen molar-refractivity contribution in [1.29, 1.82) is 0 Å². The Morgan fingerprint density at radius 1 is 1.02 bits per heavy atom. The van der Waals surface area contributed by atoms with Gasteiger partial charge in [-0.2, -0.15) is 10.2 Å². The molecule has 3 aromatic carbocycles. The highest BCUT2D eigenvalue weighted by Crippen LogP contribution is 2.41. The van der Waals surface area contributed by atoms with Gasteiger partial charge in [0, 0.05) is 70.4 Å². The number of nitrogens with zero attached hydrogens (tertiary/aromatic N) is 5. The number of benzene rings is 3. The van der Waals surface area contributed by atoms with Crippen molar-refractivity contribution in [3.63, 3.8) is 0 Å². The summed E-state index contributed by atoms with van der Waals surface area (Å²) in [5, 5.41) is 22.8. The summed E-state index contributed by atoms with van der Waals surface area (Å²) in [5.74, 6) is 1.41. The molecule has 0 spiro atoms. The number of hydrogen-bond donors (Lipinski definition) is 1. The molecule has 8 bridgehead atoms. The fourth-order valence-electron chi connectivity index (χ4n) is 6.83. The number of halogens is 1. The van der Waals surface area contributed by atoms with Gasteiger partial charge >= 0.3 is 5.97 Å². The van der Waals surface area contributed by atoms with Crippen molar-refractivity contribution in [3.8, 4) is 16.9 Å². The van der Waals surface area contributed by atoms with E-state index in [0.29, 0.717) is 58.9 Å². The normalized spacial score (nSPS) is 14.2. The first-order chi connectivity index (χ1) is 22.7. The van der Waals surface area contributed by atoms with Crippen LogP contribution in [0.5, 0.6) is 5.75 Å². The maximum Gasteiger partial charge on any atom is 0.352 e. The molecule has 0 unspecified atom stereocenters. The second kappa shape index (κ2) is 12.8. The Hall–Kier alpha value is -4.22. The van der Waals surface area contributed by atoms with Crippen molar-refractivity contribution in [2.24, 2.45) is 14.1 Å². The van der Waals surface area contributed by atoms with Crippen LogP contribution in [0.4, 0.5) is 4.39 Å². The van der Waals surface area contributed by atoms with Crippen LogP contribution < -0.4 is 4.74 Å². The summed E-state index contributed by atoms with van der Waals surface area (Å²) in [5.41, 5.74) is 6.25. The van der Waals surface area contributed by atoms with Crippen LogP contribution in [-0.4, -0.2) is 41.8 Å². The molecule has 0 fully saturated rings. The summed E-state index contributed by atoms with van der Waals surface area (Å²) in [6.07, 6.45) is 1.05. The molecule has 0 radical (unpaired) electrons. The second-order valence-corrected chi connectivity index (χ2v) is 13.9. The highest BCUT2D eigenvalue weighted by atomic mass is 32.2.